The molecule has 4 aromatic carbocycles. The van der Waals surface area contributed by atoms with E-state index in [1.54, 1.807) is 72.8 Å². The van der Waals surface area contributed by atoms with E-state index in [1.165, 1.54) is 18.3 Å². The minimum Gasteiger partial charge on any atom is -0.484 e. The fourth-order valence-electron chi connectivity index (χ4n) is 3.62. The molecule has 4 aromatic rings. The van der Waals surface area contributed by atoms with Crippen molar-refractivity contribution in [2.24, 2.45) is 5.10 Å². The Labute approximate surface area is 233 Å². The Hall–Kier alpha value is -4.96. The molecule has 204 valence electrons. The third-order valence-electron chi connectivity index (χ3n) is 5.65. The van der Waals surface area contributed by atoms with E-state index in [9.17, 15) is 18.0 Å². The van der Waals surface area contributed by atoms with E-state index in [0.29, 0.717) is 23.5 Å². The molecule has 0 atom stereocenters. The van der Waals surface area contributed by atoms with Crippen molar-refractivity contribution in [2.45, 2.75) is 11.4 Å². The van der Waals surface area contributed by atoms with Crippen LogP contribution >= 0.6 is 0 Å². The number of carbonyl (C=O) groups excluding carboxylic acids is 2. The molecule has 2 N–H and O–H groups in total. The number of anilines is 1. The Bertz CT molecular complexity index is 1530. The molecule has 0 aromatic heterocycles. The zero-order chi connectivity index (χ0) is 28.2. The number of para-hydroxylation sites is 1. The van der Waals surface area contributed by atoms with Gasteiger partial charge in [0.25, 0.3) is 21.8 Å². The van der Waals surface area contributed by atoms with Crippen LogP contribution in [0.5, 0.6) is 5.75 Å². The average Bonchev–Trinajstić information content (AvgIpc) is 3.00. The van der Waals surface area contributed by atoms with Gasteiger partial charge in [0.1, 0.15) is 12.3 Å². The van der Waals surface area contributed by atoms with E-state index in [1.807, 2.05) is 30.3 Å². The first-order valence-electron chi connectivity index (χ1n) is 12.4. The minimum absolute atomic E-state index is 0.0751. The second kappa shape index (κ2) is 13.7. The summed E-state index contributed by atoms with van der Waals surface area (Å²) in [6.45, 7) is -0.163. The summed E-state index contributed by atoms with van der Waals surface area (Å²) in [7, 11) is -3.98. The number of ether oxygens (including phenoxy) is 1. The van der Waals surface area contributed by atoms with Crippen LogP contribution in [0.2, 0.25) is 0 Å². The van der Waals surface area contributed by atoms with Crippen molar-refractivity contribution in [1.29, 1.82) is 0 Å². The van der Waals surface area contributed by atoms with Gasteiger partial charge in [-0.05, 0) is 59.7 Å². The molecule has 0 saturated heterocycles. The smallest absolute Gasteiger partial charge is 0.264 e. The Morgan fingerprint density at radius 2 is 1.38 bits per heavy atom. The van der Waals surface area contributed by atoms with Crippen molar-refractivity contribution in [3.05, 3.63) is 126 Å². The summed E-state index contributed by atoms with van der Waals surface area (Å²) >= 11 is 0. The van der Waals surface area contributed by atoms with E-state index >= 15 is 0 Å². The molecule has 4 rings (SSSR count). The van der Waals surface area contributed by atoms with Crippen LogP contribution in [0.4, 0.5) is 5.69 Å². The van der Waals surface area contributed by atoms with Gasteiger partial charge in [0.2, 0.25) is 0 Å². The van der Waals surface area contributed by atoms with E-state index in [0.717, 1.165) is 9.87 Å². The summed E-state index contributed by atoms with van der Waals surface area (Å²) in [5.41, 5.74) is 4.40. The van der Waals surface area contributed by atoms with Gasteiger partial charge in [-0.25, -0.2) is 13.8 Å². The first kappa shape index (κ1) is 28.1. The number of nitrogens with one attached hydrogen (secondary N) is 2. The highest BCUT2D eigenvalue weighted by molar-refractivity contribution is 7.92. The van der Waals surface area contributed by atoms with Gasteiger partial charge in [-0.15, -0.1) is 0 Å². The second-order valence-electron chi connectivity index (χ2n) is 8.57. The molecular formula is C30H28N4O5S. The van der Waals surface area contributed by atoms with Crippen LogP contribution in [-0.4, -0.2) is 39.6 Å². The van der Waals surface area contributed by atoms with Crippen molar-refractivity contribution in [1.82, 2.24) is 10.7 Å². The van der Waals surface area contributed by atoms with Gasteiger partial charge >= 0.3 is 0 Å². The lowest BCUT2D eigenvalue weighted by Gasteiger charge is -2.23. The number of hydrazone groups is 1. The number of carbonyl (C=O) groups is 2. The standard InChI is InChI=1S/C30H28N4O5S/c35-29(22-34(26-12-6-2-7-13-26)40(37,38)28-14-8-3-9-15-28)33-32-21-25-16-18-27(19-17-25)39-23-30(36)31-20-24-10-4-1-5-11-24/h1-19,21H,20,22-23H2,(H,31,36)(H,33,35)/b32-21-. The maximum Gasteiger partial charge on any atom is 0.264 e. The summed E-state index contributed by atoms with van der Waals surface area (Å²) in [4.78, 5) is 24.8. The zero-order valence-electron chi connectivity index (χ0n) is 21.5. The number of nitrogens with zero attached hydrogens (tertiary/aromatic N) is 2. The van der Waals surface area contributed by atoms with Crippen LogP contribution in [0.25, 0.3) is 0 Å². The highest BCUT2D eigenvalue weighted by Crippen LogP contribution is 2.23. The lowest BCUT2D eigenvalue weighted by atomic mass is 10.2. The molecular weight excluding hydrogens is 528 g/mol. The molecule has 0 unspecified atom stereocenters. The highest BCUT2D eigenvalue weighted by atomic mass is 32.2. The Morgan fingerprint density at radius 3 is 2.02 bits per heavy atom. The van der Waals surface area contributed by atoms with E-state index in [-0.39, 0.29) is 17.4 Å². The van der Waals surface area contributed by atoms with E-state index in [2.05, 4.69) is 15.8 Å². The van der Waals surface area contributed by atoms with Gasteiger partial charge in [-0.1, -0.05) is 66.7 Å². The fourth-order valence-corrected chi connectivity index (χ4v) is 5.06. The molecule has 0 heterocycles. The predicted molar refractivity (Wildman–Crippen MR) is 153 cm³/mol. The Morgan fingerprint density at radius 1 is 0.775 bits per heavy atom. The zero-order valence-corrected chi connectivity index (χ0v) is 22.3. The molecule has 0 aliphatic carbocycles. The van der Waals surface area contributed by atoms with Crippen LogP contribution in [0.3, 0.4) is 0 Å². The summed E-state index contributed by atoms with van der Waals surface area (Å²) < 4.78 is 33.1. The predicted octanol–water partition coefficient (Wildman–Crippen LogP) is 3.73. The maximum atomic E-state index is 13.3. The maximum absolute atomic E-state index is 13.3. The van der Waals surface area contributed by atoms with Crippen molar-refractivity contribution in [3.8, 4) is 5.75 Å². The molecule has 0 aliphatic rings. The van der Waals surface area contributed by atoms with Gasteiger partial charge in [-0.3, -0.25) is 13.9 Å². The lowest BCUT2D eigenvalue weighted by molar-refractivity contribution is -0.123. The number of sulfonamides is 1. The average molecular weight is 557 g/mol. The topological polar surface area (TPSA) is 117 Å². The van der Waals surface area contributed by atoms with Crippen LogP contribution in [-0.2, 0) is 26.2 Å². The number of benzene rings is 4. The van der Waals surface area contributed by atoms with E-state index < -0.39 is 22.5 Å². The lowest BCUT2D eigenvalue weighted by Crippen LogP contribution is -2.39. The van der Waals surface area contributed by atoms with Gasteiger partial charge < -0.3 is 10.1 Å². The van der Waals surface area contributed by atoms with Gasteiger partial charge in [0.05, 0.1) is 16.8 Å². The number of rotatable bonds is 12. The SMILES string of the molecule is O=C(COc1ccc(/C=N\NC(=O)CN(c2ccccc2)S(=O)(=O)c2ccccc2)cc1)NCc1ccccc1. The van der Waals surface area contributed by atoms with Crippen molar-refractivity contribution >= 4 is 33.7 Å². The molecule has 0 bridgehead atoms. The molecule has 10 heteroatoms. The third kappa shape index (κ3) is 8.02. The normalized spacial score (nSPS) is 11.1. The molecule has 2 amide bonds. The van der Waals surface area contributed by atoms with Crippen LogP contribution < -0.4 is 19.8 Å². The van der Waals surface area contributed by atoms with Crippen LogP contribution in [0, 0.1) is 0 Å². The van der Waals surface area contributed by atoms with Crippen molar-refractivity contribution < 1.29 is 22.7 Å². The number of amides is 2. The molecule has 0 radical (unpaired) electrons. The first-order chi connectivity index (χ1) is 19.4. The summed E-state index contributed by atoms with van der Waals surface area (Å²) in [6.07, 6.45) is 1.42. The first-order valence-corrected chi connectivity index (χ1v) is 13.8. The quantitative estimate of drug-likeness (QED) is 0.204. The minimum atomic E-state index is -3.98. The second-order valence-corrected chi connectivity index (χ2v) is 10.4. The monoisotopic (exact) mass is 556 g/mol. The Balaban J connectivity index is 1.29. The largest absolute Gasteiger partial charge is 0.484 e. The van der Waals surface area contributed by atoms with Gasteiger partial charge in [0, 0.05) is 6.54 Å². The molecule has 0 fully saturated rings. The number of hydrogen-bond acceptors (Lipinski definition) is 6. The summed E-state index contributed by atoms with van der Waals surface area (Å²) in [5, 5.41) is 6.74. The van der Waals surface area contributed by atoms with Crippen LogP contribution in [0.15, 0.2) is 125 Å². The molecule has 0 saturated carbocycles. The Kier molecular flexibility index (Phi) is 9.62. The molecule has 9 nitrogen and oxygen atoms in total. The van der Waals surface area contributed by atoms with Crippen molar-refractivity contribution in [3.63, 3.8) is 0 Å². The van der Waals surface area contributed by atoms with E-state index in [4.69, 9.17) is 4.74 Å². The van der Waals surface area contributed by atoms with Crippen molar-refractivity contribution in [2.75, 3.05) is 17.5 Å². The fraction of sp³-hybridized carbons (Fsp3) is 0.100. The molecule has 40 heavy (non-hydrogen) atoms. The van der Waals surface area contributed by atoms with Crippen LogP contribution in [0.1, 0.15) is 11.1 Å². The van der Waals surface area contributed by atoms with Gasteiger partial charge in [-0.2, -0.15) is 5.10 Å². The third-order valence-corrected chi connectivity index (χ3v) is 7.44. The molecule has 0 spiro atoms. The molecule has 0 aliphatic heterocycles. The number of hydrogen-bond donors (Lipinski definition) is 2. The summed E-state index contributed by atoms with van der Waals surface area (Å²) in [6, 6.07) is 32.7. The highest BCUT2D eigenvalue weighted by Gasteiger charge is 2.26. The van der Waals surface area contributed by atoms with Gasteiger partial charge in [0.15, 0.2) is 6.61 Å². The summed E-state index contributed by atoms with van der Waals surface area (Å²) in [5.74, 6) is -0.349.